The molecule has 1 aliphatic rings. The lowest BCUT2D eigenvalue weighted by molar-refractivity contribution is 0.129. The van der Waals surface area contributed by atoms with Crippen LogP contribution in [0.2, 0.25) is 0 Å². The van der Waals surface area contributed by atoms with E-state index in [1.165, 1.54) is 11.1 Å². The molecule has 1 atom stereocenters. The molecule has 0 saturated carbocycles. The van der Waals surface area contributed by atoms with Crippen LogP contribution in [-0.2, 0) is 13.0 Å². The minimum absolute atomic E-state index is 0.302. The van der Waals surface area contributed by atoms with Crippen LogP contribution in [0.5, 0.6) is 0 Å². The zero-order chi connectivity index (χ0) is 13.0. The van der Waals surface area contributed by atoms with Gasteiger partial charge in [-0.05, 0) is 23.6 Å². The van der Waals surface area contributed by atoms with Crippen molar-refractivity contribution in [2.24, 2.45) is 5.73 Å². The molecule has 0 aliphatic carbocycles. The van der Waals surface area contributed by atoms with E-state index in [0.717, 1.165) is 19.5 Å². The molecule has 3 N–H and O–H groups in total. The van der Waals surface area contributed by atoms with Gasteiger partial charge in [0.2, 0.25) is 0 Å². The predicted octanol–water partition coefficient (Wildman–Crippen LogP) is 0.471. The summed E-state index contributed by atoms with van der Waals surface area (Å²) in [6.45, 7) is 6.20. The number of nitrogens with zero attached hydrogens (tertiary/aromatic N) is 2. The summed E-state index contributed by atoms with van der Waals surface area (Å²) >= 11 is 0. The first-order valence-corrected chi connectivity index (χ1v) is 6.15. The highest BCUT2D eigenvalue weighted by Crippen LogP contribution is 2.18. The SMILES string of the molecule is C=C=C(CN)[C@H](O)CN1CCc2ccncc2C1. The number of aromatic nitrogens is 1. The summed E-state index contributed by atoms with van der Waals surface area (Å²) < 4.78 is 0. The summed E-state index contributed by atoms with van der Waals surface area (Å²) in [6, 6.07) is 2.07. The van der Waals surface area contributed by atoms with E-state index < -0.39 is 6.10 Å². The summed E-state index contributed by atoms with van der Waals surface area (Å²) in [5.74, 6) is 0. The predicted molar refractivity (Wildman–Crippen MR) is 70.9 cm³/mol. The number of pyridine rings is 1. The fourth-order valence-electron chi connectivity index (χ4n) is 2.28. The van der Waals surface area contributed by atoms with Gasteiger partial charge in [0.05, 0.1) is 6.10 Å². The van der Waals surface area contributed by atoms with E-state index in [9.17, 15) is 5.11 Å². The van der Waals surface area contributed by atoms with Gasteiger partial charge in [-0.15, -0.1) is 5.73 Å². The normalized spacial score (nSPS) is 16.8. The number of aliphatic hydroxyl groups excluding tert-OH is 1. The van der Waals surface area contributed by atoms with Crippen LogP contribution in [0.1, 0.15) is 11.1 Å². The van der Waals surface area contributed by atoms with Crippen LogP contribution < -0.4 is 5.73 Å². The van der Waals surface area contributed by atoms with Gasteiger partial charge in [-0.25, -0.2) is 0 Å². The quantitative estimate of drug-likeness (QED) is 0.757. The Morgan fingerprint density at radius 1 is 1.61 bits per heavy atom. The van der Waals surface area contributed by atoms with E-state index >= 15 is 0 Å². The van der Waals surface area contributed by atoms with Crippen LogP contribution in [0.4, 0.5) is 0 Å². The summed E-state index contributed by atoms with van der Waals surface area (Å²) in [4.78, 5) is 6.35. The second kappa shape index (κ2) is 5.94. The van der Waals surface area contributed by atoms with E-state index in [2.05, 4.69) is 28.3 Å². The van der Waals surface area contributed by atoms with Crippen LogP contribution >= 0.6 is 0 Å². The molecule has 0 unspecified atom stereocenters. The van der Waals surface area contributed by atoms with Crippen molar-refractivity contribution >= 4 is 0 Å². The van der Waals surface area contributed by atoms with E-state index in [0.29, 0.717) is 18.7 Å². The van der Waals surface area contributed by atoms with Crippen LogP contribution in [0.3, 0.4) is 0 Å². The first-order chi connectivity index (χ1) is 8.74. The molecular weight excluding hydrogens is 226 g/mol. The van der Waals surface area contributed by atoms with Crippen molar-refractivity contribution in [3.8, 4) is 0 Å². The number of fused-ring (bicyclic) bond motifs is 1. The molecule has 1 aromatic heterocycles. The summed E-state index contributed by atoms with van der Waals surface area (Å²) in [6.07, 6.45) is 4.16. The summed E-state index contributed by atoms with van der Waals surface area (Å²) in [5.41, 5.74) is 11.5. The van der Waals surface area contributed by atoms with Gasteiger partial charge in [0.1, 0.15) is 0 Å². The lowest BCUT2D eigenvalue weighted by Gasteiger charge is -2.30. The fraction of sp³-hybridized carbons (Fsp3) is 0.429. The number of β-amino-alcohol motifs (C(OH)–C–C–N with tert-alkyl or cyclic N) is 1. The number of hydrogen-bond donors (Lipinski definition) is 2. The Hall–Kier alpha value is -1.45. The van der Waals surface area contributed by atoms with E-state index in [-0.39, 0.29) is 0 Å². The van der Waals surface area contributed by atoms with Crippen LogP contribution in [0.25, 0.3) is 0 Å². The number of rotatable bonds is 4. The van der Waals surface area contributed by atoms with Crippen molar-refractivity contribution in [3.63, 3.8) is 0 Å². The van der Waals surface area contributed by atoms with E-state index in [1.807, 2.05) is 12.4 Å². The first-order valence-electron chi connectivity index (χ1n) is 6.15. The molecule has 1 aromatic rings. The third-order valence-corrected chi connectivity index (χ3v) is 3.38. The van der Waals surface area contributed by atoms with Crippen molar-refractivity contribution in [3.05, 3.63) is 47.5 Å². The smallest absolute Gasteiger partial charge is 0.0962 e. The molecule has 2 heterocycles. The molecule has 0 bridgehead atoms. The van der Waals surface area contributed by atoms with Gasteiger partial charge < -0.3 is 10.8 Å². The maximum atomic E-state index is 10.0. The molecule has 0 spiro atoms. The van der Waals surface area contributed by atoms with Gasteiger partial charge in [0, 0.05) is 44.1 Å². The second-order valence-electron chi connectivity index (χ2n) is 4.55. The number of nitrogens with two attached hydrogens (primary N) is 1. The van der Waals surface area contributed by atoms with Crippen LogP contribution in [-0.4, -0.2) is 40.7 Å². The molecule has 2 rings (SSSR count). The third kappa shape index (κ3) is 2.86. The monoisotopic (exact) mass is 245 g/mol. The molecule has 4 nitrogen and oxygen atoms in total. The Kier molecular flexibility index (Phi) is 4.28. The molecule has 18 heavy (non-hydrogen) atoms. The minimum atomic E-state index is -0.578. The average Bonchev–Trinajstić information content (AvgIpc) is 2.40. The molecule has 0 fully saturated rings. The Morgan fingerprint density at radius 2 is 2.44 bits per heavy atom. The maximum Gasteiger partial charge on any atom is 0.0962 e. The van der Waals surface area contributed by atoms with Gasteiger partial charge in [-0.3, -0.25) is 9.88 Å². The van der Waals surface area contributed by atoms with Crippen molar-refractivity contribution in [1.29, 1.82) is 0 Å². The summed E-state index contributed by atoms with van der Waals surface area (Å²) in [7, 11) is 0. The topological polar surface area (TPSA) is 62.4 Å². The largest absolute Gasteiger partial charge is 0.387 e. The highest BCUT2D eigenvalue weighted by molar-refractivity contribution is 5.25. The first kappa shape index (κ1) is 13.0. The highest BCUT2D eigenvalue weighted by atomic mass is 16.3. The highest BCUT2D eigenvalue weighted by Gasteiger charge is 2.19. The van der Waals surface area contributed by atoms with Gasteiger partial charge in [0.15, 0.2) is 0 Å². The van der Waals surface area contributed by atoms with E-state index in [4.69, 9.17) is 5.73 Å². The number of hydrogen-bond acceptors (Lipinski definition) is 4. The van der Waals surface area contributed by atoms with Gasteiger partial charge in [-0.1, -0.05) is 6.58 Å². The second-order valence-corrected chi connectivity index (χ2v) is 4.55. The van der Waals surface area contributed by atoms with Crippen molar-refractivity contribution in [2.45, 2.75) is 19.1 Å². The van der Waals surface area contributed by atoms with Crippen LogP contribution in [0, 0.1) is 0 Å². The molecular formula is C14H19N3O. The molecule has 4 heteroatoms. The lowest BCUT2D eigenvalue weighted by Crippen LogP contribution is -2.38. The van der Waals surface area contributed by atoms with Crippen molar-refractivity contribution in [1.82, 2.24) is 9.88 Å². The molecule has 0 amide bonds. The van der Waals surface area contributed by atoms with Crippen molar-refractivity contribution < 1.29 is 5.11 Å². The number of aliphatic hydroxyl groups is 1. The zero-order valence-electron chi connectivity index (χ0n) is 10.5. The lowest BCUT2D eigenvalue weighted by atomic mass is 10.0. The van der Waals surface area contributed by atoms with E-state index in [1.54, 1.807) is 0 Å². The minimum Gasteiger partial charge on any atom is -0.387 e. The van der Waals surface area contributed by atoms with Gasteiger partial charge in [0.25, 0.3) is 0 Å². The van der Waals surface area contributed by atoms with Gasteiger partial charge >= 0.3 is 0 Å². The molecule has 0 radical (unpaired) electrons. The Balaban J connectivity index is 2.00. The Bertz CT molecular complexity index is 466. The summed E-state index contributed by atoms with van der Waals surface area (Å²) in [5, 5.41) is 10.0. The molecule has 96 valence electrons. The molecule has 0 saturated heterocycles. The third-order valence-electron chi connectivity index (χ3n) is 3.38. The Labute approximate surface area is 107 Å². The maximum absolute atomic E-state index is 10.0. The molecule has 1 aliphatic heterocycles. The standard InChI is InChI=1S/C14H19N3O/c1-2-11(7-15)14(18)10-17-6-4-12-3-5-16-8-13(12)9-17/h3,5,8,14,18H,1,4,6-7,9-10,15H2/t14-/m1/s1. The fourth-order valence-corrected chi connectivity index (χ4v) is 2.28. The molecule has 0 aromatic carbocycles. The zero-order valence-corrected chi connectivity index (χ0v) is 10.5. The van der Waals surface area contributed by atoms with Crippen LogP contribution in [0.15, 0.2) is 36.3 Å². The van der Waals surface area contributed by atoms with Crippen molar-refractivity contribution in [2.75, 3.05) is 19.6 Å². The van der Waals surface area contributed by atoms with Gasteiger partial charge in [-0.2, -0.15) is 0 Å². The average molecular weight is 245 g/mol. The Morgan fingerprint density at radius 3 is 3.17 bits per heavy atom.